The summed E-state index contributed by atoms with van der Waals surface area (Å²) in [4.78, 5) is 37.2. The fourth-order valence-corrected chi connectivity index (χ4v) is 7.27. The van der Waals surface area contributed by atoms with Crippen molar-refractivity contribution in [2.75, 3.05) is 29.0 Å². The van der Waals surface area contributed by atoms with Crippen LogP contribution in [0.1, 0.15) is 61.1 Å². The van der Waals surface area contributed by atoms with Crippen LogP contribution in [0.4, 0.5) is 17.5 Å². The highest BCUT2D eigenvalue weighted by Crippen LogP contribution is 2.46. The maximum atomic E-state index is 13.1. The number of nitrogens with one attached hydrogen (secondary N) is 1. The Morgan fingerprint density at radius 1 is 1.12 bits per heavy atom. The molecule has 1 saturated heterocycles. The van der Waals surface area contributed by atoms with Gasteiger partial charge >= 0.3 is 0 Å². The smallest absolute Gasteiger partial charge is 0.270 e. The maximum Gasteiger partial charge on any atom is 0.270 e. The summed E-state index contributed by atoms with van der Waals surface area (Å²) < 4.78 is 1.44. The lowest BCUT2D eigenvalue weighted by Crippen LogP contribution is -2.47. The van der Waals surface area contributed by atoms with E-state index in [0.29, 0.717) is 34.7 Å². The Kier molecular flexibility index (Phi) is 7.51. The van der Waals surface area contributed by atoms with Crippen LogP contribution in [0.15, 0.2) is 32.9 Å². The summed E-state index contributed by atoms with van der Waals surface area (Å²) in [5.74, 6) is -0.192. The van der Waals surface area contributed by atoms with E-state index in [9.17, 15) is 14.7 Å². The molecule has 6 N–H and O–H groups in total. The van der Waals surface area contributed by atoms with Gasteiger partial charge in [0.2, 0.25) is 11.8 Å². The molecule has 1 aromatic carbocycles. The molecule has 3 aromatic rings. The van der Waals surface area contributed by atoms with Crippen molar-refractivity contribution >= 4 is 46.7 Å². The number of nitrogen functional groups attached to an aromatic ring is 1. The van der Waals surface area contributed by atoms with Gasteiger partial charge in [-0.25, -0.2) is 0 Å². The van der Waals surface area contributed by atoms with Crippen molar-refractivity contribution in [2.45, 2.75) is 73.9 Å². The predicted octanol–water partition coefficient (Wildman–Crippen LogP) is 3.21. The van der Waals surface area contributed by atoms with Crippen LogP contribution in [-0.4, -0.2) is 54.9 Å². The number of nitrogens with two attached hydrogens (primary N) is 2. The minimum atomic E-state index is -0.794. The number of benzene rings is 1. The minimum Gasteiger partial charge on any atom is -0.493 e. The zero-order chi connectivity index (χ0) is 28.7. The SMILES string of the molecule is Nc1nc(N2CCC3(CCCC3N)CC2)nnc1Sc1cccc(NC(=O)c2c(O)nc3n(c2=O)CCCC3)c1Cl. The molecule has 1 atom stereocenters. The van der Waals surface area contributed by atoms with Gasteiger partial charge in [0.25, 0.3) is 11.5 Å². The second-order valence-corrected chi connectivity index (χ2v) is 12.4. The number of aromatic hydroxyl groups is 1. The van der Waals surface area contributed by atoms with Crippen LogP contribution in [-0.2, 0) is 13.0 Å². The summed E-state index contributed by atoms with van der Waals surface area (Å²) in [5.41, 5.74) is 12.2. The number of aromatic nitrogens is 5. The van der Waals surface area contributed by atoms with Gasteiger partial charge in [0.1, 0.15) is 5.82 Å². The van der Waals surface area contributed by atoms with E-state index in [-0.39, 0.29) is 28.0 Å². The van der Waals surface area contributed by atoms with Crippen LogP contribution in [0.25, 0.3) is 0 Å². The molecule has 2 fully saturated rings. The molecule has 1 amide bonds. The van der Waals surface area contributed by atoms with Gasteiger partial charge in [0.05, 0.1) is 10.7 Å². The van der Waals surface area contributed by atoms with Crippen LogP contribution in [0, 0.1) is 5.41 Å². The molecule has 41 heavy (non-hydrogen) atoms. The van der Waals surface area contributed by atoms with E-state index in [1.54, 1.807) is 18.2 Å². The Morgan fingerprint density at radius 2 is 1.93 bits per heavy atom. The molecule has 4 heterocycles. The average Bonchev–Trinajstić information content (AvgIpc) is 3.31. The molecule has 1 saturated carbocycles. The molecule has 216 valence electrons. The number of aryl methyl sites for hydroxylation is 1. The molecule has 14 heteroatoms. The number of carbonyl (C=O) groups excluding carboxylic acids is 1. The van der Waals surface area contributed by atoms with Crippen molar-refractivity contribution in [3.63, 3.8) is 0 Å². The lowest BCUT2D eigenvalue weighted by molar-refractivity contribution is 0.102. The average molecular weight is 598 g/mol. The molecular formula is C27H32ClN9O3S. The molecule has 1 aliphatic carbocycles. The molecule has 2 aromatic heterocycles. The first kappa shape index (κ1) is 27.7. The van der Waals surface area contributed by atoms with Crippen LogP contribution < -0.4 is 27.2 Å². The van der Waals surface area contributed by atoms with E-state index in [4.69, 9.17) is 23.1 Å². The summed E-state index contributed by atoms with van der Waals surface area (Å²) in [6.07, 6.45) is 7.74. The first-order chi connectivity index (χ1) is 19.8. The predicted molar refractivity (Wildman–Crippen MR) is 157 cm³/mol. The van der Waals surface area contributed by atoms with E-state index in [1.165, 1.54) is 29.2 Å². The number of piperidine rings is 1. The molecular weight excluding hydrogens is 566 g/mol. The molecule has 3 aliphatic rings. The topological polar surface area (TPSA) is 178 Å². The number of halogens is 1. The van der Waals surface area contributed by atoms with Crippen LogP contribution >= 0.6 is 23.4 Å². The lowest BCUT2D eigenvalue weighted by atomic mass is 9.74. The molecule has 0 bridgehead atoms. The third kappa shape index (κ3) is 5.22. The van der Waals surface area contributed by atoms with Crippen molar-refractivity contribution < 1.29 is 9.90 Å². The van der Waals surface area contributed by atoms with E-state index in [0.717, 1.165) is 45.2 Å². The fraction of sp³-hybridized carbons (Fsp3) is 0.481. The number of rotatable bonds is 5. The molecule has 12 nitrogen and oxygen atoms in total. The number of fused-ring (bicyclic) bond motifs is 1. The molecule has 6 rings (SSSR count). The van der Waals surface area contributed by atoms with Crippen molar-refractivity contribution in [1.29, 1.82) is 0 Å². The Balaban J connectivity index is 1.16. The highest BCUT2D eigenvalue weighted by Gasteiger charge is 2.43. The Labute approximate surface area is 245 Å². The van der Waals surface area contributed by atoms with Gasteiger partial charge in [0, 0.05) is 37.0 Å². The number of hydrogen-bond donors (Lipinski definition) is 4. The van der Waals surface area contributed by atoms with Crippen LogP contribution in [0.2, 0.25) is 5.02 Å². The molecule has 1 unspecified atom stereocenters. The summed E-state index contributed by atoms with van der Waals surface area (Å²) in [6, 6.07) is 5.31. The van der Waals surface area contributed by atoms with Gasteiger partial charge in [-0.15, -0.1) is 10.2 Å². The van der Waals surface area contributed by atoms with Gasteiger partial charge in [0.15, 0.2) is 16.4 Å². The number of amides is 1. The van der Waals surface area contributed by atoms with Gasteiger partial charge in [-0.2, -0.15) is 9.97 Å². The van der Waals surface area contributed by atoms with Gasteiger partial charge < -0.3 is 26.8 Å². The van der Waals surface area contributed by atoms with Crippen molar-refractivity contribution in [3.8, 4) is 5.88 Å². The first-order valence-electron chi connectivity index (χ1n) is 13.9. The first-order valence-corrected chi connectivity index (χ1v) is 15.1. The number of nitrogens with zero attached hydrogens (tertiary/aromatic N) is 6. The van der Waals surface area contributed by atoms with Crippen molar-refractivity contribution in [2.24, 2.45) is 11.1 Å². The lowest BCUT2D eigenvalue weighted by Gasteiger charge is -2.42. The standard InChI is InChI=1S/C27H32ClN9O3S/c28-20-15(31-22(38)19-23(39)32-18-8-1-2-12-37(18)25(19)40)5-3-6-16(20)41-24-21(30)33-26(35-34-24)36-13-10-27(11-14-36)9-4-7-17(27)29/h3,5-6,17,39H,1-2,4,7-14,29H2,(H,31,38)(H2,30,33,35). The number of carbonyl (C=O) groups is 1. The summed E-state index contributed by atoms with van der Waals surface area (Å²) in [5, 5.41) is 22.2. The zero-order valence-electron chi connectivity index (χ0n) is 22.5. The third-order valence-corrected chi connectivity index (χ3v) is 10.2. The number of anilines is 3. The highest BCUT2D eigenvalue weighted by molar-refractivity contribution is 7.99. The fourth-order valence-electron chi connectivity index (χ4n) is 6.20. The summed E-state index contributed by atoms with van der Waals surface area (Å²) in [7, 11) is 0. The van der Waals surface area contributed by atoms with Crippen LogP contribution in [0.3, 0.4) is 0 Å². The largest absolute Gasteiger partial charge is 0.493 e. The monoisotopic (exact) mass is 597 g/mol. The van der Waals surface area contributed by atoms with Gasteiger partial charge in [-0.3, -0.25) is 14.2 Å². The van der Waals surface area contributed by atoms with E-state index < -0.39 is 22.9 Å². The summed E-state index contributed by atoms with van der Waals surface area (Å²) in [6.45, 7) is 2.08. The van der Waals surface area contributed by atoms with E-state index in [2.05, 4.69) is 30.4 Å². The Bertz CT molecular complexity index is 1560. The quantitative estimate of drug-likeness (QED) is 0.339. The second-order valence-electron chi connectivity index (χ2n) is 11.0. The highest BCUT2D eigenvalue weighted by atomic mass is 35.5. The zero-order valence-corrected chi connectivity index (χ0v) is 24.0. The Hall–Kier alpha value is -3.42. The minimum absolute atomic E-state index is 0.218. The van der Waals surface area contributed by atoms with Crippen LogP contribution in [0.5, 0.6) is 5.88 Å². The van der Waals surface area contributed by atoms with Crippen molar-refractivity contribution in [3.05, 3.63) is 45.0 Å². The molecule has 2 aliphatic heterocycles. The normalized spacial score (nSPS) is 19.8. The Morgan fingerprint density at radius 3 is 2.66 bits per heavy atom. The van der Waals surface area contributed by atoms with Crippen molar-refractivity contribution in [1.82, 2.24) is 24.7 Å². The van der Waals surface area contributed by atoms with Gasteiger partial charge in [-0.1, -0.05) is 35.9 Å². The van der Waals surface area contributed by atoms with Gasteiger partial charge in [-0.05, 0) is 56.1 Å². The maximum absolute atomic E-state index is 13.1. The summed E-state index contributed by atoms with van der Waals surface area (Å²) >= 11 is 7.80. The third-order valence-electron chi connectivity index (χ3n) is 8.59. The number of hydrogen-bond acceptors (Lipinski definition) is 11. The molecule has 1 spiro atoms. The molecule has 0 radical (unpaired) electrons. The van der Waals surface area contributed by atoms with E-state index in [1.807, 2.05) is 0 Å². The van der Waals surface area contributed by atoms with E-state index >= 15 is 0 Å². The second kappa shape index (κ2) is 11.1.